The van der Waals surface area contributed by atoms with Crippen molar-refractivity contribution in [3.63, 3.8) is 0 Å². The van der Waals surface area contributed by atoms with Crippen LogP contribution in [0.3, 0.4) is 0 Å². The van der Waals surface area contributed by atoms with E-state index in [1.54, 1.807) is 31.2 Å². The van der Waals surface area contributed by atoms with Gasteiger partial charge in [-0.3, -0.25) is 9.59 Å². The number of hydrogen-bond acceptors (Lipinski definition) is 4. The predicted octanol–water partition coefficient (Wildman–Crippen LogP) is 2.10. The predicted molar refractivity (Wildman–Crippen MR) is 87.0 cm³/mol. The van der Waals surface area contributed by atoms with Gasteiger partial charge in [0, 0.05) is 16.8 Å². The number of hydrogen-bond donors (Lipinski definition) is 2. The lowest BCUT2D eigenvalue weighted by atomic mass is 10.1. The summed E-state index contributed by atoms with van der Waals surface area (Å²) in [5, 5.41) is 7.76. The Labute approximate surface area is 134 Å². The third-order valence-corrected chi connectivity index (χ3v) is 4.34. The van der Waals surface area contributed by atoms with Gasteiger partial charge in [-0.15, -0.1) is 0 Å². The Morgan fingerprint density at radius 2 is 1.74 bits per heavy atom. The number of sulfonamides is 1. The Balaban J connectivity index is 2.32. The lowest BCUT2D eigenvalue weighted by Gasteiger charge is -2.09. The molecule has 23 heavy (non-hydrogen) atoms. The summed E-state index contributed by atoms with van der Waals surface area (Å²) in [5.41, 5.74) is 1.54. The Morgan fingerprint density at radius 1 is 1.04 bits per heavy atom. The number of aryl methyl sites for hydroxylation is 1. The largest absolute Gasteiger partial charge is 0.322 e. The summed E-state index contributed by atoms with van der Waals surface area (Å²) in [5.74, 6) is -0.608. The van der Waals surface area contributed by atoms with E-state index in [4.69, 9.17) is 5.14 Å². The van der Waals surface area contributed by atoms with Crippen LogP contribution in [-0.4, -0.2) is 20.1 Å². The van der Waals surface area contributed by atoms with Crippen molar-refractivity contribution in [2.24, 2.45) is 5.14 Å². The molecule has 0 fully saturated rings. The van der Waals surface area contributed by atoms with Crippen LogP contribution < -0.4 is 10.5 Å². The fourth-order valence-electron chi connectivity index (χ4n) is 2.07. The number of nitrogens with two attached hydrogens (primary N) is 1. The minimum absolute atomic E-state index is 0.0948. The van der Waals surface area contributed by atoms with Gasteiger partial charge in [0.25, 0.3) is 5.91 Å². The van der Waals surface area contributed by atoms with Crippen LogP contribution in [0, 0.1) is 6.92 Å². The van der Waals surface area contributed by atoms with Gasteiger partial charge in [0.2, 0.25) is 10.0 Å². The summed E-state index contributed by atoms with van der Waals surface area (Å²) in [4.78, 5) is 23.5. The summed E-state index contributed by atoms with van der Waals surface area (Å²) in [6.07, 6.45) is 0. The van der Waals surface area contributed by atoms with Crippen molar-refractivity contribution in [1.82, 2.24) is 0 Å². The molecule has 0 heterocycles. The second kappa shape index (κ2) is 6.31. The smallest absolute Gasteiger partial charge is 0.255 e. The van der Waals surface area contributed by atoms with Crippen molar-refractivity contribution in [2.45, 2.75) is 18.7 Å². The van der Waals surface area contributed by atoms with E-state index in [2.05, 4.69) is 5.32 Å². The Morgan fingerprint density at radius 3 is 2.35 bits per heavy atom. The molecule has 0 unspecified atom stereocenters. The second-order valence-corrected chi connectivity index (χ2v) is 6.65. The third kappa shape index (κ3) is 4.02. The summed E-state index contributed by atoms with van der Waals surface area (Å²) in [7, 11) is -3.90. The first-order chi connectivity index (χ1) is 10.7. The van der Waals surface area contributed by atoms with Crippen LogP contribution in [0.2, 0.25) is 0 Å². The van der Waals surface area contributed by atoms with Gasteiger partial charge < -0.3 is 5.32 Å². The first-order valence-electron chi connectivity index (χ1n) is 6.74. The Hall–Kier alpha value is -2.51. The van der Waals surface area contributed by atoms with Gasteiger partial charge >= 0.3 is 0 Å². The number of nitrogens with one attached hydrogen (secondary N) is 1. The molecule has 2 aromatic rings. The van der Waals surface area contributed by atoms with Crippen LogP contribution in [0.4, 0.5) is 5.69 Å². The normalized spacial score (nSPS) is 11.1. The highest BCUT2D eigenvalue weighted by Crippen LogP contribution is 2.18. The fraction of sp³-hybridized carbons (Fsp3) is 0.125. The molecule has 3 N–H and O–H groups in total. The molecular formula is C16H16N2O4S. The van der Waals surface area contributed by atoms with E-state index < -0.39 is 15.9 Å². The highest BCUT2D eigenvalue weighted by molar-refractivity contribution is 7.89. The van der Waals surface area contributed by atoms with Crippen LogP contribution in [0.5, 0.6) is 0 Å². The van der Waals surface area contributed by atoms with Crippen molar-refractivity contribution in [3.8, 4) is 0 Å². The molecule has 6 nitrogen and oxygen atoms in total. The van der Waals surface area contributed by atoms with Crippen molar-refractivity contribution >= 4 is 27.4 Å². The number of benzene rings is 2. The van der Waals surface area contributed by atoms with Crippen molar-refractivity contribution in [3.05, 3.63) is 59.2 Å². The zero-order valence-corrected chi connectivity index (χ0v) is 13.5. The quantitative estimate of drug-likeness (QED) is 0.836. The third-order valence-electron chi connectivity index (χ3n) is 3.28. The molecule has 0 saturated heterocycles. The number of Topliss-reactive ketones (excluding diaryl/α,β-unsaturated/α-hetero) is 1. The average molecular weight is 332 g/mol. The number of primary sulfonamides is 1. The molecule has 0 bridgehead atoms. The van der Waals surface area contributed by atoms with Crippen LogP contribution in [-0.2, 0) is 10.0 Å². The molecule has 0 aliphatic heterocycles. The van der Waals surface area contributed by atoms with Crippen molar-refractivity contribution in [2.75, 3.05) is 5.32 Å². The van der Waals surface area contributed by atoms with Crippen molar-refractivity contribution < 1.29 is 18.0 Å². The van der Waals surface area contributed by atoms with Gasteiger partial charge in [0.05, 0.1) is 4.90 Å². The highest BCUT2D eigenvalue weighted by atomic mass is 32.2. The molecule has 2 rings (SSSR count). The standard InChI is InChI=1S/C16H16N2O4S/c1-10-6-7-13(9-15(10)23(17,21)22)16(20)18-14-5-3-4-12(8-14)11(2)19/h3-9H,1-2H3,(H,18,20)(H2,17,21,22). The molecule has 120 valence electrons. The first-order valence-corrected chi connectivity index (χ1v) is 8.29. The molecule has 0 aliphatic rings. The fourth-order valence-corrected chi connectivity index (χ4v) is 2.88. The van der Waals surface area contributed by atoms with E-state index in [0.717, 1.165) is 0 Å². The molecule has 0 saturated carbocycles. The monoisotopic (exact) mass is 332 g/mol. The lowest BCUT2D eigenvalue weighted by molar-refractivity contribution is 0.101. The SMILES string of the molecule is CC(=O)c1cccc(NC(=O)c2ccc(C)c(S(N)(=O)=O)c2)c1. The Bertz CT molecular complexity index is 889. The van der Waals surface area contributed by atoms with E-state index in [9.17, 15) is 18.0 Å². The van der Waals surface area contributed by atoms with E-state index in [1.165, 1.54) is 25.1 Å². The number of carbonyl (C=O) groups excluding carboxylic acids is 2. The molecule has 0 atom stereocenters. The molecule has 1 amide bonds. The van der Waals surface area contributed by atoms with Gasteiger partial charge in [-0.25, -0.2) is 13.6 Å². The van der Waals surface area contributed by atoms with Gasteiger partial charge in [-0.2, -0.15) is 0 Å². The molecule has 7 heteroatoms. The number of anilines is 1. The van der Waals surface area contributed by atoms with Crippen LogP contribution >= 0.6 is 0 Å². The minimum Gasteiger partial charge on any atom is -0.322 e. The van der Waals surface area contributed by atoms with Gasteiger partial charge in [0.15, 0.2) is 5.78 Å². The topological polar surface area (TPSA) is 106 Å². The van der Waals surface area contributed by atoms with Gasteiger partial charge in [-0.1, -0.05) is 18.2 Å². The molecule has 0 spiro atoms. The number of rotatable bonds is 4. The van der Waals surface area contributed by atoms with E-state index in [1.807, 2.05) is 0 Å². The van der Waals surface area contributed by atoms with Gasteiger partial charge in [0.1, 0.15) is 0 Å². The molecule has 0 radical (unpaired) electrons. The maximum Gasteiger partial charge on any atom is 0.255 e. The van der Waals surface area contributed by atoms with Crippen LogP contribution in [0.15, 0.2) is 47.4 Å². The molecular weight excluding hydrogens is 316 g/mol. The summed E-state index contributed by atoms with van der Waals surface area (Å²) < 4.78 is 23.0. The number of ketones is 1. The van der Waals surface area contributed by atoms with E-state index in [0.29, 0.717) is 16.8 Å². The molecule has 0 aliphatic carbocycles. The Kier molecular flexibility index (Phi) is 4.63. The highest BCUT2D eigenvalue weighted by Gasteiger charge is 2.15. The zero-order valence-electron chi connectivity index (χ0n) is 12.7. The van der Waals surface area contributed by atoms with Crippen LogP contribution in [0.1, 0.15) is 33.2 Å². The zero-order chi connectivity index (χ0) is 17.2. The first kappa shape index (κ1) is 16.9. The molecule has 0 aromatic heterocycles. The summed E-state index contributed by atoms with van der Waals surface area (Å²) in [6.45, 7) is 3.02. The summed E-state index contributed by atoms with van der Waals surface area (Å²) in [6, 6.07) is 10.7. The molecule has 2 aromatic carbocycles. The van der Waals surface area contributed by atoms with E-state index in [-0.39, 0.29) is 16.2 Å². The average Bonchev–Trinajstić information content (AvgIpc) is 2.46. The minimum atomic E-state index is -3.90. The lowest BCUT2D eigenvalue weighted by Crippen LogP contribution is -2.17. The van der Waals surface area contributed by atoms with Gasteiger partial charge in [-0.05, 0) is 43.7 Å². The van der Waals surface area contributed by atoms with Crippen LogP contribution in [0.25, 0.3) is 0 Å². The number of carbonyl (C=O) groups is 2. The summed E-state index contributed by atoms with van der Waals surface area (Å²) >= 11 is 0. The van der Waals surface area contributed by atoms with E-state index >= 15 is 0 Å². The number of amides is 1. The second-order valence-electron chi connectivity index (χ2n) is 5.12. The maximum absolute atomic E-state index is 12.3. The van der Waals surface area contributed by atoms with Crippen molar-refractivity contribution in [1.29, 1.82) is 0 Å². The maximum atomic E-state index is 12.3.